The minimum absolute atomic E-state index is 0.0973. The van der Waals surface area contributed by atoms with Gasteiger partial charge in [-0.2, -0.15) is 0 Å². The van der Waals surface area contributed by atoms with Gasteiger partial charge in [-0.25, -0.2) is 9.59 Å². The number of nitrogens with two attached hydrogens (primary N) is 1. The zero-order valence-electron chi connectivity index (χ0n) is 19.7. The van der Waals surface area contributed by atoms with Gasteiger partial charge >= 0.3 is 12.1 Å². The summed E-state index contributed by atoms with van der Waals surface area (Å²) in [4.78, 5) is 62.4. The van der Waals surface area contributed by atoms with Crippen LogP contribution in [0.25, 0.3) is 0 Å². The molecule has 1 saturated heterocycles. The molecular weight excluding hydrogens is 444 g/mol. The summed E-state index contributed by atoms with van der Waals surface area (Å²) in [5.41, 5.74) is 5.19. The molecule has 1 aliphatic heterocycles. The highest BCUT2D eigenvalue weighted by molar-refractivity contribution is 5.93. The number of benzene rings is 1. The largest absolute Gasteiger partial charge is 0.459 e. The maximum absolute atomic E-state index is 12.7. The molecule has 1 heterocycles. The SMILES string of the molecule is CC(C)(C)OC(=O)N[C@@H](CC(N)=O)C(=O)NCC(=O)N1CCC[C@H]1C(=O)OCc1ccccc1. The molecule has 0 saturated carbocycles. The Labute approximate surface area is 198 Å². The first-order valence-electron chi connectivity index (χ1n) is 11.0. The van der Waals surface area contributed by atoms with E-state index in [9.17, 15) is 24.0 Å². The minimum Gasteiger partial charge on any atom is -0.459 e. The van der Waals surface area contributed by atoms with Crippen molar-refractivity contribution in [3.05, 3.63) is 35.9 Å². The third-order valence-electron chi connectivity index (χ3n) is 4.90. The van der Waals surface area contributed by atoms with Crippen LogP contribution in [0.2, 0.25) is 0 Å². The molecule has 4 N–H and O–H groups in total. The molecule has 186 valence electrons. The molecule has 1 aliphatic rings. The van der Waals surface area contributed by atoms with Crippen molar-refractivity contribution in [3.63, 3.8) is 0 Å². The average Bonchev–Trinajstić information content (AvgIpc) is 3.24. The zero-order valence-corrected chi connectivity index (χ0v) is 19.7. The van der Waals surface area contributed by atoms with Crippen LogP contribution >= 0.6 is 0 Å². The number of esters is 1. The average molecular weight is 477 g/mol. The van der Waals surface area contributed by atoms with Gasteiger partial charge in [0.2, 0.25) is 17.7 Å². The van der Waals surface area contributed by atoms with Gasteiger partial charge in [-0.15, -0.1) is 0 Å². The van der Waals surface area contributed by atoms with Gasteiger partial charge in [0, 0.05) is 6.54 Å². The summed E-state index contributed by atoms with van der Waals surface area (Å²) >= 11 is 0. The molecule has 34 heavy (non-hydrogen) atoms. The van der Waals surface area contributed by atoms with E-state index in [-0.39, 0.29) is 6.61 Å². The van der Waals surface area contributed by atoms with Gasteiger partial charge in [0.25, 0.3) is 0 Å². The minimum atomic E-state index is -1.31. The van der Waals surface area contributed by atoms with E-state index in [1.54, 1.807) is 20.8 Å². The van der Waals surface area contributed by atoms with Crippen molar-refractivity contribution < 1.29 is 33.4 Å². The Morgan fingerprint density at radius 1 is 1.15 bits per heavy atom. The molecule has 0 aliphatic carbocycles. The number of alkyl carbamates (subject to hydrolysis) is 1. The molecule has 2 atom stereocenters. The van der Waals surface area contributed by atoms with E-state index in [4.69, 9.17) is 15.2 Å². The van der Waals surface area contributed by atoms with Crippen molar-refractivity contribution in [2.45, 2.75) is 64.3 Å². The molecule has 1 aromatic carbocycles. The third-order valence-corrected chi connectivity index (χ3v) is 4.90. The van der Waals surface area contributed by atoms with E-state index >= 15 is 0 Å². The Hall–Kier alpha value is -3.63. The molecule has 0 aromatic heterocycles. The van der Waals surface area contributed by atoms with Crippen molar-refractivity contribution in [1.82, 2.24) is 15.5 Å². The first-order valence-corrected chi connectivity index (χ1v) is 11.0. The second-order valence-electron chi connectivity index (χ2n) is 8.93. The fourth-order valence-corrected chi connectivity index (χ4v) is 3.38. The predicted octanol–water partition coefficient (Wildman–Crippen LogP) is 0.606. The number of primary amides is 1. The lowest BCUT2D eigenvalue weighted by Gasteiger charge is -2.25. The van der Waals surface area contributed by atoms with Crippen molar-refractivity contribution >= 4 is 29.8 Å². The summed E-state index contributed by atoms with van der Waals surface area (Å²) in [6.07, 6.45) is -0.300. The van der Waals surface area contributed by atoms with Crippen molar-refractivity contribution in [1.29, 1.82) is 0 Å². The maximum atomic E-state index is 12.7. The highest BCUT2D eigenvalue weighted by Crippen LogP contribution is 2.19. The van der Waals surface area contributed by atoms with Gasteiger partial charge in [0.1, 0.15) is 24.3 Å². The van der Waals surface area contributed by atoms with Gasteiger partial charge in [0.15, 0.2) is 0 Å². The molecule has 0 radical (unpaired) electrons. The molecule has 11 heteroatoms. The summed E-state index contributed by atoms with van der Waals surface area (Å²) < 4.78 is 10.4. The lowest BCUT2D eigenvalue weighted by molar-refractivity contribution is -0.154. The van der Waals surface area contributed by atoms with Crippen LogP contribution in [0.15, 0.2) is 30.3 Å². The van der Waals surface area contributed by atoms with Gasteiger partial charge in [-0.05, 0) is 39.2 Å². The standard InChI is InChI=1S/C23H32N4O7/c1-23(2,3)34-22(32)26-16(12-18(24)28)20(30)25-13-19(29)27-11-7-10-17(27)21(31)33-14-15-8-5-4-6-9-15/h4-6,8-9,16-17H,7,10-14H2,1-3H3,(H2,24,28)(H,25,30)(H,26,32)/t16-,17-/m0/s1. The molecule has 0 unspecified atom stereocenters. The molecule has 4 amide bonds. The van der Waals surface area contributed by atoms with Gasteiger partial charge in [0.05, 0.1) is 13.0 Å². The Bertz CT molecular complexity index is 898. The highest BCUT2D eigenvalue weighted by Gasteiger charge is 2.35. The first-order chi connectivity index (χ1) is 16.0. The topological polar surface area (TPSA) is 157 Å². The van der Waals surface area contributed by atoms with E-state index in [2.05, 4.69) is 10.6 Å². The van der Waals surface area contributed by atoms with Crippen LogP contribution in [0, 0.1) is 0 Å². The summed E-state index contributed by atoms with van der Waals surface area (Å²) in [6.45, 7) is 4.95. The first kappa shape index (κ1) is 26.6. The van der Waals surface area contributed by atoms with Crippen molar-refractivity contribution in [2.75, 3.05) is 13.1 Å². The zero-order chi connectivity index (χ0) is 25.3. The predicted molar refractivity (Wildman–Crippen MR) is 121 cm³/mol. The van der Waals surface area contributed by atoms with Gasteiger partial charge in [-0.3, -0.25) is 14.4 Å². The van der Waals surface area contributed by atoms with Crippen LogP contribution in [0.1, 0.15) is 45.6 Å². The maximum Gasteiger partial charge on any atom is 0.408 e. The van der Waals surface area contributed by atoms with E-state index in [1.165, 1.54) is 4.90 Å². The van der Waals surface area contributed by atoms with Crippen molar-refractivity contribution in [3.8, 4) is 0 Å². The van der Waals surface area contributed by atoms with Crippen LogP contribution < -0.4 is 16.4 Å². The van der Waals surface area contributed by atoms with Crippen LogP contribution in [-0.2, 0) is 35.3 Å². The Morgan fingerprint density at radius 2 is 1.82 bits per heavy atom. The van der Waals surface area contributed by atoms with Crippen LogP contribution in [0.4, 0.5) is 4.79 Å². The number of likely N-dealkylation sites (tertiary alicyclic amines) is 1. The van der Waals surface area contributed by atoms with Gasteiger partial charge in [-0.1, -0.05) is 30.3 Å². The molecule has 0 spiro atoms. The lowest BCUT2D eigenvalue weighted by Crippen LogP contribution is -2.52. The number of nitrogens with zero attached hydrogens (tertiary/aromatic N) is 1. The quantitative estimate of drug-likeness (QED) is 0.441. The monoisotopic (exact) mass is 476 g/mol. The number of amides is 4. The van der Waals surface area contributed by atoms with E-state index in [0.717, 1.165) is 5.56 Å². The summed E-state index contributed by atoms with van der Waals surface area (Å²) in [5.74, 6) is -2.59. The molecule has 1 fully saturated rings. The van der Waals surface area contributed by atoms with Crippen LogP contribution in [-0.4, -0.2) is 65.5 Å². The fraction of sp³-hybridized carbons (Fsp3) is 0.522. The molecule has 2 rings (SSSR count). The summed E-state index contributed by atoms with van der Waals surface area (Å²) in [6, 6.07) is 7.12. The molecule has 0 bridgehead atoms. The number of carbonyl (C=O) groups excluding carboxylic acids is 5. The highest BCUT2D eigenvalue weighted by atomic mass is 16.6. The van der Waals surface area contributed by atoms with Crippen LogP contribution in [0.3, 0.4) is 0 Å². The smallest absolute Gasteiger partial charge is 0.408 e. The van der Waals surface area contributed by atoms with E-state index in [0.29, 0.717) is 19.4 Å². The lowest BCUT2D eigenvalue weighted by atomic mass is 10.2. The molecule has 11 nitrogen and oxygen atoms in total. The number of rotatable bonds is 9. The van der Waals surface area contributed by atoms with Gasteiger partial charge < -0.3 is 30.7 Å². The van der Waals surface area contributed by atoms with Crippen LogP contribution in [0.5, 0.6) is 0 Å². The number of carbonyl (C=O) groups is 5. The van der Waals surface area contributed by atoms with E-state index in [1.807, 2.05) is 30.3 Å². The van der Waals surface area contributed by atoms with Crippen molar-refractivity contribution in [2.24, 2.45) is 5.73 Å². The number of nitrogens with one attached hydrogen (secondary N) is 2. The normalized spacial score (nSPS) is 16.3. The summed E-state index contributed by atoms with van der Waals surface area (Å²) in [5, 5.41) is 4.67. The fourth-order valence-electron chi connectivity index (χ4n) is 3.38. The van der Waals surface area contributed by atoms with E-state index < -0.39 is 60.4 Å². The summed E-state index contributed by atoms with van der Waals surface area (Å²) in [7, 11) is 0. The second-order valence-corrected chi connectivity index (χ2v) is 8.93. The number of ether oxygens (including phenoxy) is 2. The Morgan fingerprint density at radius 3 is 2.44 bits per heavy atom. The Balaban J connectivity index is 1.90. The number of hydrogen-bond acceptors (Lipinski definition) is 7. The second kappa shape index (κ2) is 12.0. The third kappa shape index (κ3) is 8.72. The molecule has 1 aromatic rings. The Kier molecular flexibility index (Phi) is 9.40. The number of hydrogen-bond donors (Lipinski definition) is 3. The molecular formula is C23H32N4O7.